The smallest absolute Gasteiger partial charge is 0.276 e. The Kier molecular flexibility index (Phi) is 7.70. The maximum Gasteiger partial charge on any atom is 0.276 e. The van der Waals surface area contributed by atoms with Crippen LogP contribution >= 0.6 is 0 Å². The first kappa shape index (κ1) is 23.9. The molecule has 0 atom stereocenters. The Hall–Kier alpha value is -4.23. The highest BCUT2D eigenvalue weighted by Crippen LogP contribution is 2.14. The quantitative estimate of drug-likeness (QED) is 0.259. The molecule has 0 amide bonds. The minimum atomic E-state index is -3.89. The molecule has 35 heavy (non-hydrogen) atoms. The van der Waals surface area contributed by atoms with Gasteiger partial charge in [-0.1, -0.05) is 114 Å². The molecule has 0 unspecified atom stereocenters. The standard InChI is InChI=1S/C28H25N3O3S/c1-22-17-19-26(20-18-22)35(32,33)31-29-27(24-13-7-3-8-14-24)28(25-15-9-4-10-16-25)30-34-21-23-11-5-2-6-12-23/h2-20,31H,21H2,1H3/b29-27-,30-28+. The van der Waals surface area contributed by atoms with Crippen molar-refractivity contribution in [2.75, 3.05) is 0 Å². The molecular weight excluding hydrogens is 458 g/mol. The zero-order valence-corrected chi connectivity index (χ0v) is 20.0. The predicted octanol–water partition coefficient (Wildman–Crippen LogP) is 5.30. The molecule has 0 radical (unpaired) electrons. The lowest BCUT2D eigenvalue weighted by atomic mass is 10.00. The van der Waals surface area contributed by atoms with Crippen LogP contribution < -0.4 is 4.83 Å². The van der Waals surface area contributed by atoms with E-state index >= 15 is 0 Å². The normalized spacial score (nSPS) is 12.3. The van der Waals surface area contributed by atoms with Crippen LogP contribution in [0.1, 0.15) is 22.3 Å². The first-order chi connectivity index (χ1) is 17.0. The Morgan fingerprint density at radius 3 is 1.80 bits per heavy atom. The number of rotatable bonds is 9. The molecule has 1 N–H and O–H groups in total. The van der Waals surface area contributed by atoms with E-state index in [9.17, 15) is 8.42 Å². The molecular formula is C28H25N3O3S. The van der Waals surface area contributed by atoms with Crippen molar-refractivity contribution >= 4 is 21.4 Å². The van der Waals surface area contributed by atoms with Gasteiger partial charge in [0, 0.05) is 11.1 Å². The fourth-order valence-electron chi connectivity index (χ4n) is 3.30. The molecule has 4 aromatic carbocycles. The largest absolute Gasteiger partial charge is 0.390 e. The van der Waals surface area contributed by atoms with Crippen LogP contribution in [0.3, 0.4) is 0 Å². The maximum atomic E-state index is 12.9. The summed E-state index contributed by atoms with van der Waals surface area (Å²) in [5.41, 5.74) is 4.08. The Bertz CT molecular complexity index is 1400. The second kappa shape index (κ2) is 11.3. The third-order valence-electron chi connectivity index (χ3n) is 5.16. The molecule has 0 bridgehead atoms. The Morgan fingerprint density at radius 1 is 0.714 bits per heavy atom. The lowest BCUT2D eigenvalue weighted by molar-refractivity contribution is 0.131. The maximum absolute atomic E-state index is 12.9. The molecule has 7 heteroatoms. The summed E-state index contributed by atoms with van der Waals surface area (Å²) in [4.78, 5) is 8.20. The van der Waals surface area contributed by atoms with Crippen molar-refractivity contribution in [3.8, 4) is 0 Å². The lowest BCUT2D eigenvalue weighted by Gasteiger charge is -2.12. The van der Waals surface area contributed by atoms with Crippen molar-refractivity contribution in [3.05, 3.63) is 138 Å². The first-order valence-electron chi connectivity index (χ1n) is 11.0. The van der Waals surface area contributed by atoms with Crippen LogP contribution in [0.2, 0.25) is 0 Å². The summed E-state index contributed by atoms with van der Waals surface area (Å²) in [7, 11) is -3.89. The summed E-state index contributed by atoms with van der Waals surface area (Å²) in [5.74, 6) is 0. The molecule has 6 nitrogen and oxygen atoms in total. The number of hydrazone groups is 1. The fraction of sp³-hybridized carbons (Fsp3) is 0.0714. The molecule has 0 aliphatic heterocycles. The van der Waals surface area contributed by atoms with E-state index in [1.165, 1.54) is 0 Å². The van der Waals surface area contributed by atoms with Crippen molar-refractivity contribution in [2.24, 2.45) is 10.3 Å². The third-order valence-corrected chi connectivity index (χ3v) is 6.38. The van der Waals surface area contributed by atoms with Gasteiger partial charge in [0.05, 0.1) is 4.90 Å². The van der Waals surface area contributed by atoms with Crippen LogP contribution in [0, 0.1) is 6.92 Å². The van der Waals surface area contributed by atoms with Gasteiger partial charge < -0.3 is 4.84 Å². The number of nitrogens with zero attached hydrogens (tertiary/aromatic N) is 2. The van der Waals surface area contributed by atoms with Crippen molar-refractivity contribution in [3.63, 3.8) is 0 Å². The van der Waals surface area contributed by atoms with Gasteiger partial charge in [-0.2, -0.15) is 18.4 Å². The second-order valence-electron chi connectivity index (χ2n) is 7.80. The fourth-order valence-corrected chi connectivity index (χ4v) is 4.11. The molecule has 0 fully saturated rings. The molecule has 0 aliphatic rings. The highest BCUT2D eigenvalue weighted by atomic mass is 32.2. The molecule has 0 heterocycles. The molecule has 4 rings (SSSR count). The summed E-state index contributed by atoms with van der Waals surface area (Å²) >= 11 is 0. The highest BCUT2D eigenvalue weighted by Gasteiger charge is 2.19. The van der Waals surface area contributed by atoms with Gasteiger partial charge in [-0.05, 0) is 24.6 Å². The lowest BCUT2D eigenvalue weighted by Crippen LogP contribution is -2.25. The summed E-state index contributed by atoms with van der Waals surface area (Å²) in [5, 5.41) is 8.74. The number of nitrogens with one attached hydrogen (secondary N) is 1. The third kappa shape index (κ3) is 6.43. The van der Waals surface area contributed by atoms with E-state index in [4.69, 9.17) is 4.84 Å². The summed E-state index contributed by atoms with van der Waals surface area (Å²) in [6.07, 6.45) is 0. The Balaban J connectivity index is 1.73. The second-order valence-corrected chi connectivity index (χ2v) is 9.46. The van der Waals surface area contributed by atoms with E-state index < -0.39 is 10.0 Å². The number of sulfonamides is 1. The number of hydrogen-bond acceptors (Lipinski definition) is 5. The van der Waals surface area contributed by atoms with E-state index in [-0.39, 0.29) is 11.5 Å². The molecule has 0 spiro atoms. The van der Waals surface area contributed by atoms with Crippen molar-refractivity contribution in [2.45, 2.75) is 18.4 Å². The van der Waals surface area contributed by atoms with Crippen molar-refractivity contribution in [1.29, 1.82) is 0 Å². The van der Waals surface area contributed by atoms with Crippen LogP contribution in [0.15, 0.2) is 130 Å². The monoisotopic (exact) mass is 483 g/mol. The molecule has 0 aromatic heterocycles. The van der Waals surface area contributed by atoms with Crippen molar-refractivity contribution in [1.82, 2.24) is 4.83 Å². The molecule has 0 aliphatic carbocycles. The summed E-state index contributed by atoms with van der Waals surface area (Å²) in [6.45, 7) is 2.15. The van der Waals surface area contributed by atoms with Gasteiger partial charge in [-0.25, -0.2) is 0 Å². The minimum absolute atomic E-state index is 0.123. The number of oxime groups is 1. The van der Waals surface area contributed by atoms with Gasteiger partial charge in [-0.15, -0.1) is 0 Å². The Morgan fingerprint density at radius 2 is 1.23 bits per heavy atom. The summed E-state index contributed by atoms with van der Waals surface area (Å²) < 4.78 is 25.9. The topological polar surface area (TPSA) is 80.1 Å². The van der Waals surface area contributed by atoms with Crippen LogP contribution in [0.4, 0.5) is 0 Å². The van der Waals surface area contributed by atoms with Crippen LogP contribution in [0.25, 0.3) is 0 Å². The Labute approximate surface area is 205 Å². The average molecular weight is 484 g/mol. The SMILES string of the molecule is Cc1ccc(S(=O)(=O)N/N=C(\C(=N\OCc2ccccc2)c2ccccc2)c2ccccc2)cc1. The van der Waals surface area contributed by atoms with Crippen LogP contribution in [-0.2, 0) is 21.5 Å². The van der Waals surface area contributed by atoms with Gasteiger partial charge in [0.15, 0.2) is 0 Å². The van der Waals surface area contributed by atoms with E-state index in [2.05, 4.69) is 15.1 Å². The zero-order valence-electron chi connectivity index (χ0n) is 19.2. The molecule has 176 valence electrons. The number of hydrogen-bond donors (Lipinski definition) is 1. The van der Waals surface area contributed by atoms with E-state index in [1.807, 2.05) is 97.9 Å². The summed E-state index contributed by atoms with van der Waals surface area (Å²) in [6, 6.07) is 34.9. The number of aryl methyl sites for hydroxylation is 1. The van der Waals surface area contributed by atoms with E-state index in [1.54, 1.807) is 24.3 Å². The van der Waals surface area contributed by atoms with Gasteiger partial charge in [-0.3, -0.25) is 0 Å². The van der Waals surface area contributed by atoms with Crippen LogP contribution in [-0.4, -0.2) is 19.8 Å². The van der Waals surface area contributed by atoms with Gasteiger partial charge >= 0.3 is 0 Å². The molecule has 4 aromatic rings. The van der Waals surface area contributed by atoms with Gasteiger partial charge in [0.2, 0.25) is 0 Å². The average Bonchev–Trinajstić information content (AvgIpc) is 2.90. The highest BCUT2D eigenvalue weighted by molar-refractivity contribution is 7.89. The van der Waals surface area contributed by atoms with Gasteiger partial charge in [0.25, 0.3) is 10.0 Å². The molecule has 0 saturated heterocycles. The first-order valence-corrected chi connectivity index (χ1v) is 12.5. The predicted molar refractivity (Wildman–Crippen MR) is 139 cm³/mol. The minimum Gasteiger partial charge on any atom is -0.390 e. The zero-order chi connectivity index (χ0) is 24.5. The van der Waals surface area contributed by atoms with E-state index in [0.717, 1.165) is 16.7 Å². The van der Waals surface area contributed by atoms with Crippen molar-refractivity contribution < 1.29 is 13.3 Å². The number of benzene rings is 4. The molecule has 0 saturated carbocycles. The van der Waals surface area contributed by atoms with E-state index in [0.29, 0.717) is 17.0 Å². The van der Waals surface area contributed by atoms with Gasteiger partial charge in [0.1, 0.15) is 18.0 Å². The van der Waals surface area contributed by atoms with Crippen LogP contribution in [0.5, 0.6) is 0 Å².